The van der Waals surface area contributed by atoms with Gasteiger partial charge in [-0.2, -0.15) is 0 Å². The summed E-state index contributed by atoms with van der Waals surface area (Å²) in [5.41, 5.74) is 0.307. The van der Waals surface area contributed by atoms with Gasteiger partial charge in [0, 0.05) is 11.3 Å². The van der Waals surface area contributed by atoms with Crippen molar-refractivity contribution in [3.05, 3.63) is 34.2 Å². The summed E-state index contributed by atoms with van der Waals surface area (Å²) in [6, 6.07) is 2.00. The summed E-state index contributed by atoms with van der Waals surface area (Å²) in [5.74, 6) is 0.595. The van der Waals surface area contributed by atoms with Crippen molar-refractivity contribution in [2.45, 2.75) is 32.0 Å². The molecule has 0 N–H and O–H groups in total. The summed E-state index contributed by atoms with van der Waals surface area (Å²) < 4.78 is 10.9. The first-order chi connectivity index (χ1) is 7.97. The van der Waals surface area contributed by atoms with Gasteiger partial charge in [0.15, 0.2) is 11.4 Å². The van der Waals surface area contributed by atoms with Gasteiger partial charge in [-0.15, -0.1) is 11.3 Å². The predicted molar refractivity (Wildman–Crippen MR) is 67.1 cm³/mol. The lowest BCUT2D eigenvalue weighted by molar-refractivity contribution is -0.132. The van der Waals surface area contributed by atoms with Crippen molar-refractivity contribution in [3.8, 4) is 0 Å². The third-order valence-corrected chi connectivity index (χ3v) is 4.35. The molecule has 1 saturated heterocycles. The SMILES string of the molecule is C=C(OC)C1CC(=O)C(C)(c2cc(C)cs2)O1. The van der Waals surface area contributed by atoms with E-state index in [-0.39, 0.29) is 11.9 Å². The third kappa shape index (κ3) is 2.03. The molecule has 2 heterocycles. The third-order valence-electron chi connectivity index (χ3n) is 3.10. The van der Waals surface area contributed by atoms with Gasteiger partial charge in [-0.1, -0.05) is 6.58 Å². The van der Waals surface area contributed by atoms with Crippen LogP contribution in [0.4, 0.5) is 0 Å². The van der Waals surface area contributed by atoms with Crippen LogP contribution in [-0.2, 0) is 19.9 Å². The molecule has 2 rings (SSSR count). The van der Waals surface area contributed by atoms with Crippen LogP contribution in [0.5, 0.6) is 0 Å². The molecule has 92 valence electrons. The average Bonchev–Trinajstić information content (AvgIpc) is 2.84. The Morgan fingerprint density at radius 1 is 1.71 bits per heavy atom. The van der Waals surface area contributed by atoms with Gasteiger partial charge >= 0.3 is 0 Å². The van der Waals surface area contributed by atoms with E-state index in [1.807, 2.05) is 25.3 Å². The van der Waals surface area contributed by atoms with Gasteiger partial charge in [0.1, 0.15) is 11.9 Å². The molecular formula is C13H16O3S. The maximum atomic E-state index is 12.1. The van der Waals surface area contributed by atoms with Gasteiger partial charge in [-0.05, 0) is 30.9 Å². The molecule has 0 bridgehead atoms. The van der Waals surface area contributed by atoms with Crippen LogP contribution in [0.15, 0.2) is 23.8 Å². The maximum absolute atomic E-state index is 12.1. The van der Waals surface area contributed by atoms with Crippen LogP contribution in [-0.4, -0.2) is 19.0 Å². The Kier molecular flexibility index (Phi) is 3.10. The van der Waals surface area contributed by atoms with Crippen LogP contribution in [0, 0.1) is 6.92 Å². The van der Waals surface area contributed by atoms with E-state index in [4.69, 9.17) is 9.47 Å². The summed E-state index contributed by atoms with van der Waals surface area (Å²) in [6.07, 6.45) is 0.0000331. The Hall–Kier alpha value is -1.13. The van der Waals surface area contributed by atoms with Crippen LogP contribution in [0.25, 0.3) is 0 Å². The van der Waals surface area contributed by atoms with Gasteiger partial charge in [-0.3, -0.25) is 4.79 Å². The molecular weight excluding hydrogens is 236 g/mol. The zero-order chi connectivity index (χ0) is 12.6. The van der Waals surface area contributed by atoms with Gasteiger partial charge in [0.05, 0.1) is 7.11 Å². The number of methoxy groups -OCH3 is 1. The highest BCUT2D eigenvalue weighted by Crippen LogP contribution is 2.40. The quantitative estimate of drug-likeness (QED) is 0.776. The fraction of sp³-hybridized carbons (Fsp3) is 0.462. The number of thiophene rings is 1. The lowest BCUT2D eigenvalue weighted by atomic mass is 9.98. The number of ketones is 1. The number of carbonyl (C=O) groups excluding carboxylic acids is 1. The van der Waals surface area contributed by atoms with Crippen LogP contribution in [0.3, 0.4) is 0 Å². The first kappa shape index (κ1) is 12.3. The molecule has 3 nitrogen and oxygen atoms in total. The highest BCUT2D eigenvalue weighted by atomic mass is 32.1. The van der Waals surface area contributed by atoms with Crippen molar-refractivity contribution in [2.24, 2.45) is 0 Å². The normalized spacial score (nSPS) is 28.4. The minimum absolute atomic E-state index is 0.0857. The molecule has 0 aliphatic carbocycles. The van der Waals surface area contributed by atoms with Gasteiger partial charge < -0.3 is 9.47 Å². The van der Waals surface area contributed by atoms with E-state index >= 15 is 0 Å². The largest absolute Gasteiger partial charge is 0.499 e. The molecule has 0 saturated carbocycles. The summed E-state index contributed by atoms with van der Waals surface area (Å²) in [4.78, 5) is 13.1. The second-order valence-electron chi connectivity index (χ2n) is 4.43. The smallest absolute Gasteiger partial charge is 0.172 e. The first-order valence-electron chi connectivity index (χ1n) is 5.47. The monoisotopic (exact) mass is 252 g/mol. The lowest BCUT2D eigenvalue weighted by Crippen LogP contribution is -2.28. The second-order valence-corrected chi connectivity index (χ2v) is 5.34. The molecule has 1 fully saturated rings. The van der Waals surface area contributed by atoms with E-state index in [0.29, 0.717) is 12.2 Å². The molecule has 0 spiro atoms. The summed E-state index contributed by atoms with van der Waals surface area (Å²) in [6.45, 7) is 7.59. The van der Waals surface area contributed by atoms with Crippen molar-refractivity contribution in [1.29, 1.82) is 0 Å². The maximum Gasteiger partial charge on any atom is 0.172 e. The number of rotatable bonds is 3. The highest BCUT2D eigenvalue weighted by Gasteiger charge is 2.47. The number of hydrogen-bond donors (Lipinski definition) is 0. The minimum Gasteiger partial charge on any atom is -0.499 e. The van der Waals surface area contributed by atoms with Crippen LogP contribution >= 0.6 is 11.3 Å². The number of Topliss-reactive ketones (excluding diaryl/α,β-unsaturated/α-hetero) is 1. The van der Waals surface area contributed by atoms with E-state index in [9.17, 15) is 4.79 Å². The number of hydrogen-bond acceptors (Lipinski definition) is 4. The topological polar surface area (TPSA) is 35.5 Å². The summed E-state index contributed by atoms with van der Waals surface area (Å²) in [5, 5.41) is 2.02. The second kappa shape index (κ2) is 4.27. The fourth-order valence-corrected chi connectivity index (χ4v) is 2.96. The Bertz CT molecular complexity index is 463. The molecule has 1 aliphatic heterocycles. The van der Waals surface area contributed by atoms with E-state index in [0.717, 1.165) is 10.4 Å². The molecule has 1 aromatic heterocycles. The standard InChI is InChI=1S/C13H16O3S/c1-8-5-12(17-7-8)13(3)11(14)6-10(16-13)9(2)15-4/h5,7,10H,2,6H2,1,3-4H3. The Morgan fingerprint density at radius 2 is 2.41 bits per heavy atom. The van der Waals surface area contributed by atoms with Crippen molar-refractivity contribution >= 4 is 17.1 Å². The van der Waals surface area contributed by atoms with Crippen molar-refractivity contribution in [3.63, 3.8) is 0 Å². The molecule has 2 atom stereocenters. The molecule has 4 heteroatoms. The molecule has 2 unspecified atom stereocenters. The van der Waals surface area contributed by atoms with E-state index in [2.05, 4.69) is 6.58 Å². The molecule has 0 aromatic carbocycles. The zero-order valence-electron chi connectivity index (χ0n) is 10.3. The summed E-state index contributed by atoms with van der Waals surface area (Å²) in [7, 11) is 1.54. The number of aryl methyl sites for hydroxylation is 1. The minimum atomic E-state index is -0.842. The van der Waals surface area contributed by atoms with Crippen LogP contribution < -0.4 is 0 Å². The molecule has 1 aliphatic rings. The molecule has 0 radical (unpaired) electrons. The molecule has 17 heavy (non-hydrogen) atoms. The Balaban J connectivity index is 2.27. The summed E-state index contributed by atoms with van der Waals surface area (Å²) >= 11 is 1.55. The first-order valence-corrected chi connectivity index (χ1v) is 6.35. The lowest BCUT2D eigenvalue weighted by Gasteiger charge is -2.22. The van der Waals surface area contributed by atoms with Crippen molar-refractivity contribution < 1.29 is 14.3 Å². The highest BCUT2D eigenvalue weighted by molar-refractivity contribution is 7.10. The fourth-order valence-electron chi connectivity index (χ4n) is 1.94. The van der Waals surface area contributed by atoms with Gasteiger partial charge in [0.2, 0.25) is 0 Å². The van der Waals surface area contributed by atoms with E-state index in [1.54, 1.807) is 18.4 Å². The Morgan fingerprint density at radius 3 is 2.94 bits per heavy atom. The predicted octanol–water partition coefficient (Wildman–Crippen LogP) is 2.79. The van der Waals surface area contributed by atoms with Crippen molar-refractivity contribution in [2.75, 3.05) is 7.11 Å². The van der Waals surface area contributed by atoms with Crippen LogP contribution in [0.2, 0.25) is 0 Å². The zero-order valence-corrected chi connectivity index (χ0v) is 11.1. The Labute approximate surface area is 105 Å². The van der Waals surface area contributed by atoms with Gasteiger partial charge in [-0.25, -0.2) is 0 Å². The number of carbonyl (C=O) groups is 1. The van der Waals surface area contributed by atoms with Crippen LogP contribution in [0.1, 0.15) is 23.8 Å². The van der Waals surface area contributed by atoms with Crippen molar-refractivity contribution in [1.82, 2.24) is 0 Å². The van der Waals surface area contributed by atoms with Gasteiger partial charge in [0.25, 0.3) is 0 Å². The molecule has 1 aromatic rings. The average molecular weight is 252 g/mol. The van der Waals surface area contributed by atoms with E-state index < -0.39 is 5.60 Å². The van der Waals surface area contributed by atoms with E-state index in [1.165, 1.54) is 0 Å². The molecule has 0 amide bonds. The number of ether oxygens (including phenoxy) is 2.